The fourth-order valence-corrected chi connectivity index (χ4v) is 1.27. The molecule has 100 valence electrons. The highest BCUT2D eigenvalue weighted by molar-refractivity contribution is 5.75. The molecule has 0 aliphatic heterocycles. The molecule has 0 spiro atoms. The Bertz CT molecular complexity index is 386. The molecule has 0 fully saturated rings. The van der Waals surface area contributed by atoms with Gasteiger partial charge in [0, 0.05) is 26.8 Å². The highest BCUT2D eigenvalue weighted by atomic mass is 16.5. The summed E-state index contributed by atoms with van der Waals surface area (Å²) in [5, 5.41) is 3.09. The van der Waals surface area contributed by atoms with Crippen molar-refractivity contribution in [2.24, 2.45) is 0 Å². The van der Waals surface area contributed by atoms with E-state index in [1.54, 1.807) is 25.1 Å². The second-order valence-corrected chi connectivity index (χ2v) is 3.61. The largest absolute Gasteiger partial charge is 0.468 e. The summed E-state index contributed by atoms with van der Waals surface area (Å²) < 4.78 is 9.53. The lowest BCUT2D eigenvalue weighted by Crippen LogP contribution is -2.27. The van der Waals surface area contributed by atoms with Gasteiger partial charge in [-0.05, 0) is 0 Å². The van der Waals surface area contributed by atoms with Crippen LogP contribution >= 0.6 is 0 Å². The molecule has 0 aliphatic carbocycles. The number of ether oxygens (including phenoxy) is 2. The molecule has 18 heavy (non-hydrogen) atoms. The topological polar surface area (TPSA) is 76.6 Å². The summed E-state index contributed by atoms with van der Waals surface area (Å²) in [7, 11) is 4.75. The average Bonchev–Trinajstić information content (AvgIpc) is 2.39. The van der Waals surface area contributed by atoms with E-state index in [1.165, 1.54) is 13.4 Å². The van der Waals surface area contributed by atoms with E-state index in [0.29, 0.717) is 24.8 Å². The van der Waals surface area contributed by atoms with Crippen LogP contribution in [-0.4, -0.2) is 56.9 Å². The minimum Gasteiger partial charge on any atom is -0.468 e. The Balaban J connectivity index is 2.60. The Labute approximate surface area is 106 Å². The van der Waals surface area contributed by atoms with Crippen molar-refractivity contribution >= 4 is 17.6 Å². The number of methoxy groups -OCH3 is 2. The second kappa shape index (κ2) is 7.44. The number of aromatic nitrogens is 2. The number of carbonyl (C=O) groups excluding carboxylic acids is 1. The van der Waals surface area contributed by atoms with Gasteiger partial charge in [-0.3, -0.25) is 4.79 Å². The molecule has 0 aromatic carbocycles. The molecule has 0 aliphatic rings. The van der Waals surface area contributed by atoms with Crippen LogP contribution in [0.2, 0.25) is 0 Å². The standard InChI is InChI=1S/C11H18N4O3/c1-15(7-11(16)18-3)10-6-9(13-8-14-10)12-4-5-17-2/h6,8H,4-5,7H2,1-3H3,(H,12,13,14). The Hall–Kier alpha value is -1.89. The third kappa shape index (κ3) is 4.54. The molecule has 1 heterocycles. The molecule has 0 amide bonds. The highest BCUT2D eigenvalue weighted by Gasteiger charge is 2.09. The van der Waals surface area contributed by atoms with Gasteiger partial charge in [-0.15, -0.1) is 0 Å². The van der Waals surface area contributed by atoms with Crippen molar-refractivity contribution in [3.05, 3.63) is 12.4 Å². The Morgan fingerprint density at radius 1 is 1.44 bits per heavy atom. The summed E-state index contributed by atoms with van der Waals surface area (Å²) in [6.45, 7) is 1.40. The number of nitrogens with zero attached hydrogens (tertiary/aromatic N) is 3. The second-order valence-electron chi connectivity index (χ2n) is 3.61. The van der Waals surface area contributed by atoms with E-state index in [9.17, 15) is 4.79 Å². The van der Waals surface area contributed by atoms with Gasteiger partial charge < -0.3 is 19.7 Å². The summed E-state index contributed by atoms with van der Waals surface area (Å²) in [5.41, 5.74) is 0. The lowest BCUT2D eigenvalue weighted by molar-refractivity contribution is -0.138. The molecule has 0 saturated carbocycles. The molecular weight excluding hydrogens is 236 g/mol. The molecule has 0 saturated heterocycles. The lowest BCUT2D eigenvalue weighted by Gasteiger charge is -2.16. The van der Waals surface area contributed by atoms with Crippen molar-refractivity contribution in [1.29, 1.82) is 0 Å². The maximum absolute atomic E-state index is 11.2. The first-order valence-corrected chi connectivity index (χ1v) is 5.50. The summed E-state index contributed by atoms with van der Waals surface area (Å²) in [6.07, 6.45) is 1.44. The zero-order valence-corrected chi connectivity index (χ0v) is 10.8. The summed E-state index contributed by atoms with van der Waals surface area (Å²) in [6, 6.07) is 1.76. The van der Waals surface area contributed by atoms with E-state index < -0.39 is 0 Å². The number of carbonyl (C=O) groups is 1. The van der Waals surface area contributed by atoms with Gasteiger partial charge in [0.15, 0.2) is 0 Å². The van der Waals surface area contributed by atoms with Crippen molar-refractivity contribution in [3.8, 4) is 0 Å². The maximum atomic E-state index is 11.2. The van der Waals surface area contributed by atoms with Gasteiger partial charge in [0.05, 0.1) is 13.7 Å². The van der Waals surface area contributed by atoms with Crippen LogP contribution in [0, 0.1) is 0 Å². The van der Waals surface area contributed by atoms with Crippen molar-refractivity contribution in [3.63, 3.8) is 0 Å². The zero-order valence-electron chi connectivity index (χ0n) is 10.8. The average molecular weight is 254 g/mol. The first kappa shape index (κ1) is 14.2. The SMILES string of the molecule is COCCNc1cc(N(C)CC(=O)OC)ncn1. The number of nitrogens with one attached hydrogen (secondary N) is 1. The van der Waals surface area contributed by atoms with E-state index >= 15 is 0 Å². The molecule has 1 rings (SSSR count). The van der Waals surface area contributed by atoms with Crippen molar-refractivity contribution in [2.45, 2.75) is 0 Å². The van der Waals surface area contributed by atoms with Crippen LogP contribution in [0.4, 0.5) is 11.6 Å². The smallest absolute Gasteiger partial charge is 0.325 e. The first-order valence-electron chi connectivity index (χ1n) is 5.50. The van der Waals surface area contributed by atoms with E-state index in [4.69, 9.17) is 4.74 Å². The van der Waals surface area contributed by atoms with Crippen LogP contribution in [0.15, 0.2) is 12.4 Å². The van der Waals surface area contributed by atoms with E-state index in [1.807, 2.05) is 0 Å². The minimum atomic E-state index is -0.315. The van der Waals surface area contributed by atoms with Crippen LogP contribution < -0.4 is 10.2 Å². The molecule has 7 heteroatoms. The number of esters is 1. The van der Waals surface area contributed by atoms with Gasteiger partial charge in [-0.25, -0.2) is 9.97 Å². The third-order valence-corrected chi connectivity index (χ3v) is 2.25. The fourth-order valence-electron chi connectivity index (χ4n) is 1.27. The van der Waals surface area contributed by atoms with E-state index in [-0.39, 0.29) is 12.5 Å². The van der Waals surface area contributed by atoms with Gasteiger partial charge >= 0.3 is 5.97 Å². The summed E-state index contributed by atoms with van der Waals surface area (Å²) in [5.74, 6) is 1.02. The van der Waals surface area contributed by atoms with E-state index in [2.05, 4.69) is 20.0 Å². The van der Waals surface area contributed by atoms with E-state index in [0.717, 1.165) is 0 Å². The predicted molar refractivity (Wildman–Crippen MR) is 67.7 cm³/mol. The minimum absolute atomic E-state index is 0.144. The van der Waals surface area contributed by atoms with Gasteiger partial charge in [0.25, 0.3) is 0 Å². The quantitative estimate of drug-likeness (QED) is 0.548. The summed E-state index contributed by atoms with van der Waals surface area (Å²) in [4.78, 5) is 21.0. The van der Waals surface area contributed by atoms with Crippen molar-refractivity contribution in [1.82, 2.24) is 9.97 Å². The number of likely N-dealkylation sites (N-methyl/N-ethyl adjacent to an activating group) is 1. The monoisotopic (exact) mass is 254 g/mol. The molecule has 0 atom stereocenters. The molecule has 0 radical (unpaired) electrons. The Morgan fingerprint density at radius 3 is 2.89 bits per heavy atom. The molecule has 0 bridgehead atoms. The number of hydrogen-bond acceptors (Lipinski definition) is 7. The number of hydrogen-bond donors (Lipinski definition) is 1. The van der Waals surface area contributed by atoms with Gasteiger partial charge in [-0.2, -0.15) is 0 Å². The van der Waals surface area contributed by atoms with Crippen LogP contribution in [0.25, 0.3) is 0 Å². The Morgan fingerprint density at radius 2 is 2.22 bits per heavy atom. The van der Waals surface area contributed by atoms with Gasteiger partial charge in [0.2, 0.25) is 0 Å². The third-order valence-electron chi connectivity index (χ3n) is 2.25. The van der Waals surface area contributed by atoms with Crippen LogP contribution in [0.5, 0.6) is 0 Å². The molecule has 1 N–H and O–H groups in total. The van der Waals surface area contributed by atoms with Crippen LogP contribution in [-0.2, 0) is 14.3 Å². The Kier molecular flexibility index (Phi) is 5.86. The van der Waals surface area contributed by atoms with Crippen LogP contribution in [0.3, 0.4) is 0 Å². The van der Waals surface area contributed by atoms with Gasteiger partial charge in [-0.1, -0.05) is 0 Å². The molecule has 1 aromatic heterocycles. The van der Waals surface area contributed by atoms with Crippen molar-refractivity contribution < 1.29 is 14.3 Å². The van der Waals surface area contributed by atoms with Gasteiger partial charge in [0.1, 0.15) is 24.5 Å². The number of anilines is 2. The first-order chi connectivity index (χ1) is 8.67. The molecular formula is C11H18N4O3. The number of rotatable bonds is 7. The zero-order chi connectivity index (χ0) is 13.4. The summed E-state index contributed by atoms with van der Waals surface area (Å²) >= 11 is 0. The highest BCUT2D eigenvalue weighted by Crippen LogP contribution is 2.12. The molecule has 7 nitrogen and oxygen atoms in total. The predicted octanol–water partition coefficient (Wildman–Crippen LogP) is 0.144. The fraction of sp³-hybridized carbons (Fsp3) is 0.545. The van der Waals surface area contributed by atoms with Crippen LogP contribution in [0.1, 0.15) is 0 Å². The lowest BCUT2D eigenvalue weighted by atomic mass is 10.4. The molecule has 0 unspecified atom stereocenters. The maximum Gasteiger partial charge on any atom is 0.325 e. The molecule has 1 aromatic rings. The van der Waals surface area contributed by atoms with Crippen molar-refractivity contribution in [2.75, 3.05) is 51.2 Å². The normalized spacial score (nSPS) is 9.94.